The standard InChI is InChI=1S/C15H17N5/c1-20-11-18-19-14(20)10-16-9-7-13-5-2-4-12-6-3-8-17-15(12)13/h2-6,8,11,16H,7,9-10H2,1H3. The molecule has 0 fully saturated rings. The van der Waals surface area contributed by atoms with Gasteiger partial charge in [-0.1, -0.05) is 24.3 Å². The summed E-state index contributed by atoms with van der Waals surface area (Å²) in [5, 5.41) is 12.5. The Morgan fingerprint density at radius 2 is 2.10 bits per heavy atom. The summed E-state index contributed by atoms with van der Waals surface area (Å²) in [6.07, 6.45) is 4.51. The van der Waals surface area contributed by atoms with Gasteiger partial charge in [0.05, 0.1) is 12.1 Å². The smallest absolute Gasteiger partial charge is 0.146 e. The molecule has 2 heterocycles. The van der Waals surface area contributed by atoms with Gasteiger partial charge in [-0.25, -0.2) is 0 Å². The number of fused-ring (bicyclic) bond motifs is 1. The maximum Gasteiger partial charge on any atom is 0.146 e. The molecule has 5 nitrogen and oxygen atoms in total. The lowest BCUT2D eigenvalue weighted by atomic mass is 10.1. The summed E-state index contributed by atoms with van der Waals surface area (Å²) in [5.41, 5.74) is 2.36. The first kappa shape index (κ1) is 12.7. The summed E-state index contributed by atoms with van der Waals surface area (Å²) in [5.74, 6) is 0.945. The van der Waals surface area contributed by atoms with Crippen molar-refractivity contribution in [3.05, 3.63) is 54.2 Å². The van der Waals surface area contributed by atoms with E-state index in [9.17, 15) is 0 Å². The first-order valence-corrected chi connectivity index (χ1v) is 6.71. The number of benzene rings is 1. The third-order valence-corrected chi connectivity index (χ3v) is 3.38. The van der Waals surface area contributed by atoms with Crippen molar-refractivity contribution in [2.24, 2.45) is 7.05 Å². The zero-order chi connectivity index (χ0) is 13.8. The molecular formula is C15H17N5. The highest BCUT2D eigenvalue weighted by molar-refractivity contribution is 5.81. The maximum atomic E-state index is 4.47. The Labute approximate surface area is 117 Å². The van der Waals surface area contributed by atoms with E-state index >= 15 is 0 Å². The van der Waals surface area contributed by atoms with Gasteiger partial charge >= 0.3 is 0 Å². The molecule has 2 aromatic heterocycles. The quantitative estimate of drug-likeness (QED) is 0.715. The minimum atomic E-state index is 0.731. The zero-order valence-electron chi connectivity index (χ0n) is 11.5. The molecule has 1 aromatic carbocycles. The predicted octanol–water partition coefficient (Wildman–Crippen LogP) is 1.70. The van der Waals surface area contributed by atoms with Crippen LogP contribution in [0.3, 0.4) is 0 Å². The van der Waals surface area contributed by atoms with E-state index in [4.69, 9.17) is 0 Å². The lowest BCUT2D eigenvalue weighted by Gasteiger charge is -2.07. The third-order valence-electron chi connectivity index (χ3n) is 3.38. The molecule has 0 spiro atoms. The molecule has 5 heteroatoms. The molecule has 0 radical (unpaired) electrons. The van der Waals surface area contributed by atoms with Crippen molar-refractivity contribution in [2.45, 2.75) is 13.0 Å². The normalized spacial score (nSPS) is 11.1. The summed E-state index contributed by atoms with van der Waals surface area (Å²) in [6.45, 7) is 1.62. The Hall–Kier alpha value is -2.27. The Morgan fingerprint density at radius 3 is 2.95 bits per heavy atom. The molecule has 0 bridgehead atoms. The minimum Gasteiger partial charge on any atom is -0.320 e. The molecule has 0 aliphatic heterocycles. The van der Waals surface area contributed by atoms with E-state index in [-0.39, 0.29) is 0 Å². The van der Waals surface area contributed by atoms with E-state index in [1.54, 1.807) is 6.33 Å². The molecular weight excluding hydrogens is 250 g/mol. The van der Waals surface area contributed by atoms with E-state index < -0.39 is 0 Å². The van der Waals surface area contributed by atoms with Gasteiger partial charge in [0.15, 0.2) is 0 Å². The van der Waals surface area contributed by atoms with E-state index in [1.807, 2.05) is 23.9 Å². The summed E-state index contributed by atoms with van der Waals surface area (Å²) in [6, 6.07) is 10.4. The van der Waals surface area contributed by atoms with Crippen molar-refractivity contribution < 1.29 is 0 Å². The third kappa shape index (κ3) is 2.67. The topological polar surface area (TPSA) is 55.6 Å². The molecule has 1 N–H and O–H groups in total. The van der Waals surface area contributed by atoms with Gasteiger partial charge in [-0.05, 0) is 24.6 Å². The number of aromatic nitrogens is 4. The molecule has 0 aliphatic carbocycles. The van der Waals surface area contributed by atoms with Gasteiger partial charge in [0.1, 0.15) is 12.2 Å². The highest BCUT2D eigenvalue weighted by Crippen LogP contribution is 2.15. The molecule has 102 valence electrons. The van der Waals surface area contributed by atoms with Crippen LogP contribution in [0.25, 0.3) is 10.9 Å². The van der Waals surface area contributed by atoms with Crippen molar-refractivity contribution in [2.75, 3.05) is 6.54 Å². The fraction of sp³-hybridized carbons (Fsp3) is 0.267. The second-order valence-electron chi connectivity index (χ2n) is 4.78. The highest BCUT2D eigenvalue weighted by Gasteiger charge is 2.02. The van der Waals surface area contributed by atoms with Gasteiger partial charge in [-0.15, -0.1) is 10.2 Å². The van der Waals surface area contributed by atoms with Crippen LogP contribution < -0.4 is 5.32 Å². The number of hydrogen-bond donors (Lipinski definition) is 1. The fourth-order valence-electron chi connectivity index (χ4n) is 2.26. The van der Waals surface area contributed by atoms with Crippen LogP contribution in [0.2, 0.25) is 0 Å². The van der Waals surface area contributed by atoms with Crippen molar-refractivity contribution in [3.8, 4) is 0 Å². The number of nitrogens with zero attached hydrogens (tertiary/aromatic N) is 4. The average molecular weight is 267 g/mol. The van der Waals surface area contributed by atoms with Crippen molar-refractivity contribution in [3.63, 3.8) is 0 Å². The summed E-state index contributed by atoms with van der Waals surface area (Å²) < 4.78 is 1.92. The van der Waals surface area contributed by atoms with Crippen LogP contribution in [-0.4, -0.2) is 26.3 Å². The Morgan fingerprint density at radius 1 is 1.20 bits per heavy atom. The van der Waals surface area contributed by atoms with Gasteiger partial charge in [0.25, 0.3) is 0 Å². The van der Waals surface area contributed by atoms with Crippen molar-refractivity contribution in [1.82, 2.24) is 25.1 Å². The van der Waals surface area contributed by atoms with E-state index in [0.29, 0.717) is 0 Å². The maximum absolute atomic E-state index is 4.47. The summed E-state index contributed by atoms with van der Waals surface area (Å²) in [7, 11) is 1.95. The van der Waals surface area contributed by atoms with Crippen LogP contribution >= 0.6 is 0 Å². The molecule has 0 unspecified atom stereocenters. The molecule has 0 atom stereocenters. The van der Waals surface area contributed by atoms with Crippen LogP contribution in [0.4, 0.5) is 0 Å². The van der Waals surface area contributed by atoms with Gasteiger partial charge in [-0.3, -0.25) is 4.98 Å². The van der Waals surface area contributed by atoms with E-state index in [2.05, 4.69) is 44.8 Å². The number of pyridine rings is 1. The number of hydrogen-bond acceptors (Lipinski definition) is 4. The molecule has 20 heavy (non-hydrogen) atoms. The Balaban J connectivity index is 1.62. The SMILES string of the molecule is Cn1cnnc1CNCCc1cccc2cccnc12. The van der Waals surface area contributed by atoms with Crippen molar-refractivity contribution in [1.29, 1.82) is 0 Å². The van der Waals surface area contributed by atoms with Gasteiger partial charge in [0.2, 0.25) is 0 Å². The lowest BCUT2D eigenvalue weighted by Crippen LogP contribution is -2.19. The average Bonchev–Trinajstić information content (AvgIpc) is 2.89. The molecule has 3 aromatic rings. The molecule has 0 saturated carbocycles. The molecule has 0 aliphatic rings. The largest absolute Gasteiger partial charge is 0.320 e. The van der Waals surface area contributed by atoms with Crippen LogP contribution in [0.5, 0.6) is 0 Å². The molecule has 0 amide bonds. The van der Waals surface area contributed by atoms with Crippen LogP contribution in [0.15, 0.2) is 42.9 Å². The van der Waals surface area contributed by atoms with Gasteiger partial charge in [0, 0.05) is 18.6 Å². The summed E-state index contributed by atoms with van der Waals surface area (Å²) >= 11 is 0. The zero-order valence-corrected chi connectivity index (χ0v) is 11.5. The van der Waals surface area contributed by atoms with Crippen molar-refractivity contribution >= 4 is 10.9 Å². The second kappa shape index (κ2) is 5.79. The van der Waals surface area contributed by atoms with E-state index in [0.717, 1.165) is 30.9 Å². The van der Waals surface area contributed by atoms with Gasteiger partial charge in [-0.2, -0.15) is 0 Å². The van der Waals surface area contributed by atoms with Gasteiger partial charge < -0.3 is 9.88 Å². The second-order valence-corrected chi connectivity index (χ2v) is 4.78. The minimum absolute atomic E-state index is 0.731. The van der Waals surface area contributed by atoms with Crippen LogP contribution in [0.1, 0.15) is 11.4 Å². The number of rotatable bonds is 5. The summed E-state index contributed by atoms with van der Waals surface area (Å²) in [4.78, 5) is 4.47. The fourth-order valence-corrected chi connectivity index (χ4v) is 2.26. The number of para-hydroxylation sites is 1. The lowest BCUT2D eigenvalue weighted by molar-refractivity contribution is 0.637. The monoisotopic (exact) mass is 267 g/mol. The first-order chi connectivity index (χ1) is 9.84. The van der Waals surface area contributed by atoms with Crippen LogP contribution in [-0.2, 0) is 20.0 Å². The predicted molar refractivity (Wildman–Crippen MR) is 78.2 cm³/mol. The van der Waals surface area contributed by atoms with E-state index in [1.165, 1.54) is 10.9 Å². The Bertz CT molecular complexity index is 699. The first-order valence-electron chi connectivity index (χ1n) is 6.71. The Kier molecular flexibility index (Phi) is 3.69. The molecule has 0 saturated heterocycles. The number of aryl methyl sites for hydroxylation is 1. The van der Waals surface area contributed by atoms with Crippen LogP contribution in [0, 0.1) is 0 Å². The number of nitrogens with one attached hydrogen (secondary N) is 1. The highest BCUT2D eigenvalue weighted by atomic mass is 15.3. The molecule has 3 rings (SSSR count).